The molecule has 1 aliphatic rings. The summed E-state index contributed by atoms with van der Waals surface area (Å²) in [7, 11) is 0. The molecule has 2 rings (SSSR count). The molecule has 8 heteroatoms. The standard InChI is InChI=1S/C19H23F2N3O3/c1-3-5-10-24(23)18(26)12-6-7-13-15(27-19(20)21)9-8-14(17(22)25)16(13)11(12)4-2/h4,8-9,19H,2-3,5-7,10,23H2,1H3,(H2,22,25). The van der Waals surface area contributed by atoms with Crippen molar-refractivity contribution in [1.82, 2.24) is 5.01 Å². The maximum atomic E-state index is 12.8. The number of allylic oxidation sites excluding steroid dienone is 2. The number of carbonyl (C=O) groups excluding carboxylic acids is 2. The molecule has 1 aromatic rings. The maximum Gasteiger partial charge on any atom is 0.387 e. The molecule has 0 spiro atoms. The number of halogens is 2. The largest absolute Gasteiger partial charge is 0.435 e. The summed E-state index contributed by atoms with van der Waals surface area (Å²) in [6.07, 6.45) is 3.52. The molecule has 2 amide bonds. The third kappa shape index (κ3) is 4.33. The zero-order valence-electron chi connectivity index (χ0n) is 15.1. The monoisotopic (exact) mass is 379 g/mol. The first-order valence-corrected chi connectivity index (χ1v) is 8.64. The Hall–Kier alpha value is -2.74. The van der Waals surface area contributed by atoms with E-state index in [0.29, 0.717) is 28.8 Å². The van der Waals surface area contributed by atoms with E-state index in [-0.39, 0.29) is 30.1 Å². The number of nitrogens with two attached hydrogens (primary N) is 2. The molecule has 0 radical (unpaired) electrons. The van der Waals surface area contributed by atoms with Gasteiger partial charge >= 0.3 is 6.61 Å². The average Bonchev–Trinajstić information content (AvgIpc) is 2.63. The third-order valence-electron chi connectivity index (χ3n) is 4.45. The lowest BCUT2D eigenvalue weighted by Gasteiger charge is -2.27. The number of amides is 2. The van der Waals surface area contributed by atoms with Gasteiger partial charge in [-0.3, -0.25) is 14.6 Å². The van der Waals surface area contributed by atoms with E-state index in [0.717, 1.165) is 17.9 Å². The fourth-order valence-corrected chi connectivity index (χ4v) is 3.18. The highest BCUT2D eigenvalue weighted by Crippen LogP contribution is 2.40. The van der Waals surface area contributed by atoms with Crippen molar-refractivity contribution in [2.24, 2.45) is 11.6 Å². The Bertz CT molecular complexity index is 791. The van der Waals surface area contributed by atoms with Gasteiger partial charge in [-0.2, -0.15) is 8.78 Å². The smallest absolute Gasteiger partial charge is 0.387 e. The number of benzene rings is 1. The van der Waals surface area contributed by atoms with Gasteiger partial charge in [0, 0.05) is 28.8 Å². The number of unbranched alkanes of at least 4 members (excludes halogenated alkanes) is 1. The van der Waals surface area contributed by atoms with E-state index in [1.54, 1.807) is 0 Å². The van der Waals surface area contributed by atoms with Crippen LogP contribution >= 0.6 is 0 Å². The van der Waals surface area contributed by atoms with Crippen LogP contribution < -0.4 is 16.3 Å². The van der Waals surface area contributed by atoms with Crippen LogP contribution in [0.25, 0.3) is 5.57 Å². The van der Waals surface area contributed by atoms with Crippen molar-refractivity contribution in [2.45, 2.75) is 39.2 Å². The van der Waals surface area contributed by atoms with E-state index in [9.17, 15) is 18.4 Å². The minimum atomic E-state index is -3.01. The number of nitrogens with zero attached hydrogens (tertiary/aromatic N) is 1. The molecule has 0 saturated heterocycles. The summed E-state index contributed by atoms with van der Waals surface area (Å²) in [4.78, 5) is 24.6. The van der Waals surface area contributed by atoms with Crippen LogP contribution in [-0.4, -0.2) is 30.0 Å². The second-order valence-electron chi connectivity index (χ2n) is 6.16. The Morgan fingerprint density at radius 3 is 2.63 bits per heavy atom. The Kier molecular flexibility index (Phi) is 6.68. The number of primary amides is 1. The number of alkyl halides is 2. The second kappa shape index (κ2) is 8.77. The van der Waals surface area contributed by atoms with Crippen molar-refractivity contribution < 1.29 is 23.1 Å². The molecule has 4 N–H and O–H groups in total. The fraction of sp³-hybridized carbons (Fsp3) is 0.368. The van der Waals surface area contributed by atoms with Gasteiger partial charge in [0.2, 0.25) is 5.91 Å². The highest BCUT2D eigenvalue weighted by molar-refractivity contribution is 6.08. The SMILES string of the molecule is C=CC1=C(C(=O)N(N)CCCC)CCc2c(OC(F)F)ccc(C(N)=O)c21. The van der Waals surface area contributed by atoms with Crippen molar-refractivity contribution in [2.75, 3.05) is 6.54 Å². The van der Waals surface area contributed by atoms with Crippen molar-refractivity contribution in [3.8, 4) is 5.75 Å². The molecule has 0 atom stereocenters. The number of hydrogen-bond donors (Lipinski definition) is 2. The molecule has 0 saturated carbocycles. The van der Waals surface area contributed by atoms with Crippen molar-refractivity contribution in [1.29, 1.82) is 0 Å². The van der Waals surface area contributed by atoms with Crippen LogP contribution in [0.15, 0.2) is 30.4 Å². The molecule has 0 heterocycles. The van der Waals surface area contributed by atoms with E-state index in [1.807, 2.05) is 6.92 Å². The van der Waals surface area contributed by atoms with Crippen LogP contribution in [0.5, 0.6) is 5.75 Å². The lowest BCUT2D eigenvalue weighted by Crippen LogP contribution is -2.40. The van der Waals surface area contributed by atoms with Gasteiger partial charge in [0.1, 0.15) is 5.75 Å². The predicted molar refractivity (Wildman–Crippen MR) is 97.8 cm³/mol. The van der Waals surface area contributed by atoms with Gasteiger partial charge in [0.25, 0.3) is 5.91 Å². The zero-order chi connectivity index (χ0) is 20.1. The lowest BCUT2D eigenvalue weighted by atomic mass is 9.81. The molecule has 6 nitrogen and oxygen atoms in total. The average molecular weight is 379 g/mol. The van der Waals surface area contributed by atoms with Crippen molar-refractivity contribution in [3.63, 3.8) is 0 Å². The fourth-order valence-electron chi connectivity index (χ4n) is 3.18. The number of rotatable bonds is 8. The van der Waals surface area contributed by atoms with Gasteiger partial charge in [-0.15, -0.1) is 0 Å². The zero-order valence-corrected chi connectivity index (χ0v) is 15.1. The van der Waals surface area contributed by atoms with Gasteiger partial charge in [0.05, 0.1) is 0 Å². The Labute approximate surface area is 156 Å². The topological polar surface area (TPSA) is 98.7 Å². The summed E-state index contributed by atoms with van der Waals surface area (Å²) >= 11 is 0. The van der Waals surface area contributed by atoms with E-state index in [4.69, 9.17) is 11.6 Å². The summed E-state index contributed by atoms with van der Waals surface area (Å²) < 4.78 is 30.0. The van der Waals surface area contributed by atoms with Gasteiger partial charge < -0.3 is 10.5 Å². The van der Waals surface area contributed by atoms with Crippen LogP contribution in [-0.2, 0) is 11.2 Å². The summed E-state index contributed by atoms with van der Waals surface area (Å²) in [5.41, 5.74) is 6.99. The molecule has 0 aromatic heterocycles. The number of hydrazine groups is 1. The number of fused-ring (bicyclic) bond motifs is 1. The number of ether oxygens (including phenoxy) is 1. The van der Waals surface area contributed by atoms with Crippen LogP contribution in [0.1, 0.15) is 47.7 Å². The summed E-state index contributed by atoms with van der Waals surface area (Å²) in [5, 5.41) is 1.12. The number of hydrogen-bond acceptors (Lipinski definition) is 4. The maximum absolute atomic E-state index is 12.8. The molecule has 27 heavy (non-hydrogen) atoms. The molecular weight excluding hydrogens is 356 g/mol. The summed E-state index contributed by atoms with van der Waals surface area (Å²) in [5.74, 6) is 4.69. The van der Waals surface area contributed by atoms with Gasteiger partial charge in [-0.25, -0.2) is 5.84 Å². The Balaban J connectivity index is 2.61. The Morgan fingerprint density at radius 2 is 2.07 bits per heavy atom. The van der Waals surface area contributed by atoms with Crippen LogP contribution in [0.3, 0.4) is 0 Å². The lowest BCUT2D eigenvalue weighted by molar-refractivity contribution is -0.127. The first-order chi connectivity index (χ1) is 12.8. The van der Waals surface area contributed by atoms with Gasteiger partial charge in [-0.1, -0.05) is 26.0 Å². The molecule has 1 aliphatic carbocycles. The minimum Gasteiger partial charge on any atom is -0.435 e. The molecule has 0 unspecified atom stereocenters. The minimum absolute atomic E-state index is 0.0496. The second-order valence-corrected chi connectivity index (χ2v) is 6.16. The van der Waals surface area contributed by atoms with E-state index in [1.165, 1.54) is 18.2 Å². The quantitative estimate of drug-likeness (QED) is 0.412. The molecular formula is C19H23F2N3O3. The Morgan fingerprint density at radius 1 is 1.37 bits per heavy atom. The van der Waals surface area contributed by atoms with Crippen LogP contribution in [0, 0.1) is 0 Å². The highest BCUT2D eigenvalue weighted by Gasteiger charge is 2.30. The molecule has 146 valence electrons. The number of carbonyl (C=O) groups is 2. The third-order valence-corrected chi connectivity index (χ3v) is 4.45. The van der Waals surface area contributed by atoms with E-state index in [2.05, 4.69) is 11.3 Å². The van der Waals surface area contributed by atoms with Crippen LogP contribution in [0.2, 0.25) is 0 Å². The van der Waals surface area contributed by atoms with Crippen molar-refractivity contribution in [3.05, 3.63) is 47.1 Å². The van der Waals surface area contributed by atoms with Crippen molar-refractivity contribution >= 4 is 17.4 Å². The molecule has 0 aliphatic heterocycles. The predicted octanol–water partition coefficient (Wildman–Crippen LogP) is 2.78. The van der Waals surface area contributed by atoms with Gasteiger partial charge in [0.15, 0.2) is 0 Å². The highest BCUT2D eigenvalue weighted by atomic mass is 19.3. The molecule has 1 aromatic carbocycles. The van der Waals surface area contributed by atoms with Gasteiger partial charge in [-0.05, 0) is 37.0 Å². The molecule has 0 bridgehead atoms. The molecule has 0 fully saturated rings. The summed E-state index contributed by atoms with van der Waals surface area (Å²) in [6.45, 7) is 3.07. The van der Waals surface area contributed by atoms with E-state index < -0.39 is 12.5 Å². The van der Waals surface area contributed by atoms with Crippen LogP contribution in [0.4, 0.5) is 8.78 Å². The normalized spacial score (nSPS) is 13.4. The summed E-state index contributed by atoms with van der Waals surface area (Å²) in [6, 6.07) is 2.60. The first-order valence-electron chi connectivity index (χ1n) is 8.64. The van der Waals surface area contributed by atoms with E-state index >= 15 is 0 Å². The first kappa shape index (κ1) is 20.6.